The third kappa shape index (κ3) is 2.16. The van der Waals surface area contributed by atoms with E-state index in [1.165, 1.54) is 18.4 Å². The van der Waals surface area contributed by atoms with Gasteiger partial charge in [-0.05, 0) is 42.3 Å². The van der Waals surface area contributed by atoms with Crippen molar-refractivity contribution in [2.45, 2.75) is 18.9 Å². The molecule has 1 aliphatic rings. The van der Waals surface area contributed by atoms with Crippen LogP contribution in [-0.2, 0) is 4.74 Å². The highest BCUT2D eigenvalue weighted by Gasteiger charge is 2.26. The van der Waals surface area contributed by atoms with E-state index in [9.17, 15) is 0 Å². The second kappa shape index (κ2) is 4.91. The minimum atomic E-state index is 0.322. The Morgan fingerprint density at radius 3 is 3.29 bits per heavy atom. The Balaban J connectivity index is 2.06. The lowest BCUT2D eigenvalue weighted by atomic mass is 9.91. The second-order valence-corrected chi connectivity index (χ2v) is 4.59. The van der Waals surface area contributed by atoms with Gasteiger partial charge in [0.25, 0.3) is 0 Å². The van der Waals surface area contributed by atoms with Gasteiger partial charge in [0.1, 0.15) is 0 Å². The van der Waals surface area contributed by atoms with Crippen molar-refractivity contribution in [2.24, 2.45) is 5.92 Å². The van der Waals surface area contributed by atoms with Crippen LogP contribution in [0.25, 0.3) is 0 Å². The standard InChI is InChI=1S/C11H17NOS/c1-12-7-9-3-2-5-13-11(9)10-4-6-14-8-10/h4,6,8-9,11-12H,2-3,5,7H2,1H3. The maximum Gasteiger partial charge on any atom is 0.0873 e. The van der Waals surface area contributed by atoms with Gasteiger partial charge in [-0.25, -0.2) is 0 Å². The van der Waals surface area contributed by atoms with Crippen LogP contribution in [0.15, 0.2) is 16.8 Å². The quantitative estimate of drug-likeness (QED) is 0.829. The number of rotatable bonds is 3. The Morgan fingerprint density at radius 1 is 1.64 bits per heavy atom. The maximum atomic E-state index is 5.85. The van der Waals surface area contributed by atoms with Crippen molar-refractivity contribution >= 4 is 11.3 Å². The third-order valence-corrected chi connectivity index (χ3v) is 3.48. The molecule has 1 aliphatic heterocycles. The minimum Gasteiger partial charge on any atom is -0.373 e. The fraction of sp³-hybridized carbons (Fsp3) is 0.636. The lowest BCUT2D eigenvalue weighted by molar-refractivity contribution is -0.0270. The molecule has 1 saturated heterocycles. The molecule has 1 aromatic heterocycles. The fourth-order valence-electron chi connectivity index (χ4n) is 2.12. The van der Waals surface area contributed by atoms with E-state index in [1.807, 2.05) is 7.05 Å². The van der Waals surface area contributed by atoms with Gasteiger partial charge in [0.2, 0.25) is 0 Å². The van der Waals surface area contributed by atoms with Crippen molar-refractivity contribution < 1.29 is 4.74 Å². The van der Waals surface area contributed by atoms with Crippen molar-refractivity contribution in [3.8, 4) is 0 Å². The van der Waals surface area contributed by atoms with Crippen LogP contribution < -0.4 is 5.32 Å². The molecular formula is C11H17NOS. The summed E-state index contributed by atoms with van der Waals surface area (Å²) in [5.41, 5.74) is 1.36. The first-order chi connectivity index (χ1) is 6.92. The normalized spacial score (nSPS) is 27.8. The molecule has 78 valence electrons. The van der Waals surface area contributed by atoms with Crippen LogP contribution in [0, 0.1) is 5.92 Å². The summed E-state index contributed by atoms with van der Waals surface area (Å²) in [6.45, 7) is 1.97. The zero-order valence-electron chi connectivity index (χ0n) is 8.53. The lowest BCUT2D eigenvalue weighted by Gasteiger charge is -2.31. The molecule has 0 radical (unpaired) electrons. The van der Waals surface area contributed by atoms with Crippen molar-refractivity contribution in [1.82, 2.24) is 5.32 Å². The van der Waals surface area contributed by atoms with Crippen LogP contribution in [0.2, 0.25) is 0 Å². The summed E-state index contributed by atoms with van der Waals surface area (Å²) in [6, 6.07) is 2.18. The van der Waals surface area contributed by atoms with Crippen LogP contribution in [-0.4, -0.2) is 20.2 Å². The van der Waals surface area contributed by atoms with Crippen LogP contribution in [0.4, 0.5) is 0 Å². The average Bonchev–Trinajstić information content (AvgIpc) is 2.72. The molecule has 0 bridgehead atoms. The molecule has 0 saturated carbocycles. The third-order valence-electron chi connectivity index (χ3n) is 2.78. The first-order valence-electron chi connectivity index (χ1n) is 5.20. The van der Waals surface area contributed by atoms with Gasteiger partial charge in [-0.2, -0.15) is 11.3 Å². The Bertz CT molecular complexity index is 258. The van der Waals surface area contributed by atoms with Crippen molar-refractivity contribution in [1.29, 1.82) is 0 Å². The summed E-state index contributed by atoms with van der Waals surface area (Å²) in [7, 11) is 2.01. The topological polar surface area (TPSA) is 21.3 Å². The van der Waals surface area contributed by atoms with E-state index in [0.29, 0.717) is 12.0 Å². The predicted octanol–water partition coefficient (Wildman–Crippen LogP) is 2.44. The molecule has 1 N–H and O–H groups in total. The first kappa shape index (κ1) is 10.1. The largest absolute Gasteiger partial charge is 0.373 e. The summed E-state index contributed by atoms with van der Waals surface area (Å²) in [5, 5.41) is 7.59. The van der Waals surface area contributed by atoms with Crippen LogP contribution in [0.5, 0.6) is 0 Å². The summed E-state index contributed by atoms with van der Waals surface area (Å²) >= 11 is 1.75. The van der Waals surface area contributed by atoms with E-state index in [1.54, 1.807) is 11.3 Å². The van der Waals surface area contributed by atoms with Gasteiger partial charge in [0, 0.05) is 19.1 Å². The molecular weight excluding hydrogens is 194 g/mol. The van der Waals surface area contributed by atoms with E-state index in [0.717, 1.165) is 13.2 Å². The zero-order chi connectivity index (χ0) is 9.80. The molecule has 0 aliphatic carbocycles. The molecule has 2 heterocycles. The Labute approximate surface area is 89.3 Å². The molecule has 2 nitrogen and oxygen atoms in total. The SMILES string of the molecule is CNCC1CCCOC1c1ccsc1. The van der Waals surface area contributed by atoms with Gasteiger partial charge >= 0.3 is 0 Å². The van der Waals surface area contributed by atoms with Gasteiger partial charge in [-0.15, -0.1) is 0 Å². The second-order valence-electron chi connectivity index (χ2n) is 3.81. The number of nitrogens with one attached hydrogen (secondary N) is 1. The number of thiophene rings is 1. The molecule has 1 fully saturated rings. The van der Waals surface area contributed by atoms with Crippen LogP contribution >= 0.6 is 11.3 Å². The van der Waals surface area contributed by atoms with E-state index in [4.69, 9.17) is 4.74 Å². The van der Waals surface area contributed by atoms with Crippen LogP contribution in [0.1, 0.15) is 24.5 Å². The van der Waals surface area contributed by atoms with E-state index in [-0.39, 0.29) is 0 Å². The van der Waals surface area contributed by atoms with Crippen molar-refractivity contribution in [3.05, 3.63) is 22.4 Å². The molecule has 0 aromatic carbocycles. The molecule has 3 heteroatoms. The molecule has 0 amide bonds. The molecule has 0 spiro atoms. The Morgan fingerprint density at radius 2 is 2.57 bits per heavy atom. The van der Waals surface area contributed by atoms with E-state index in [2.05, 4.69) is 22.1 Å². The summed E-state index contributed by atoms with van der Waals surface area (Å²) in [6.07, 6.45) is 2.80. The van der Waals surface area contributed by atoms with Crippen LogP contribution in [0.3, 0.4) is 0 Å². The summed E-state index contributed by atoms with van der Waals surface area (Å²) < 4.78 is 5.85. The highest BCUT2D eigenvalue weighted by molar-refractivity contribution is 7.07. The highest BCUT2D eigenvalue weighted by atomic mass is 32.1. The smallest absolute Gasteiger partial charge is 0.0873 e. The fourth-order valence-corrected chi connectivity index (χ4v) is 2.80. The Hall–Kier alpha value is -0.380. The van der Waals surface area contributed by atoms with E-state index < -0.39 is 0 Å². The van der Waals surface area contributed by atoms with Crippen molar-refractivity contribution in [2.75, 3.05) is 20.2 Å². The highest BCUT2D eigenvalue weighted by Crippen LogP contribution is 2.33. The summed E-state index contributed by atoms with van der Waals surface area (Å²) in [4.78, 5) is 0. The maximum absolute atomic E-state index is 5.85. The molecule has 2 rings (SSSR count). The van der Waals surface area contributed by atoms with Gasteiger partial charge in [0.05, 0.1) is 6.10 Å². The lowest BCUT2D eigenvalue weighted by Crippen LogP contribution is -2.30. The van der Waals surface area contributed by atoms with Gasteiger partial charge < -0.3 is 10.1 Å². The number of hydrogen-bond acceptors (Lipinski definition) is 3. The molecule has 2 unspecified atom stereocenters. The predicted molar refractivity (Wildman–Crippen MR) is 59.7 cm³/mol. The van der Waals surface area contributed by atoms with Gasteiger partial charge in [-0.1, -0.05) is 0 Å². The number of hydrogen-bond donors (Lipinski definition) is 1. The molecule has 2 atom stereocenters. The van der Waals surface area contributed by atoms with E-state index >= 15 is 0 Å². The number of ether oxygens (including phenoxy) is 1. The minimum absolute atomic E-state index is 0.322. The van der Waals surface area contributed by atoms with Gasteiger partial charge in [0.15, 0.2) is 0 Å². The molecule has 14 heavy (non-hydrogen) atoms. The monoisotopic (exact) mass is 211 g/mol. The van der Waals surface area contributed by atoms with Gasteiger partial charge in [-0.3, -0.25) is 0 Å². The summed E-state index contributed by atoms with van der Waals surface area (Å²) in [5.74, 6) is 0.642. The average molecular weight is 211 g/mol. The molecule has 1 aromatic rings. The Kier molecular flexibility index (Phi) is 3.56. The zero-order valence-corrected chi connectivity index (χ0v) is 9.35. The van der Waals surface area contributed by atoms with Crippen molar-refractivity contribution in [3.63, 3.8) is 0 Å². The first-order valence-corrected chi connectivity index (χ1v) is 6.14.